The molecule has 0 aliphatic rings. The second-order valence-electron chi connectivity index (χ2n) is 6.71. The molecule has 0 spiro atoms. The zero-order chi connectivity index (χ0) is 19.0. The van der Waals surface area contributed by atoms with E-state index in [4.69, 9.17) is 15.6 Å². The summed E-state index contributed by atoms with van der Waals surface area (Å²) in [5.41, 5.74) is 7.04. The van der Waals surface area contributed by atoms with Crippen molar-refractivity contribution in [3.63, 3.8) is 0 Å². The smallest absolute Gasteiger partial charge is 0.347 e. The van der Waals surface area contributed by atoms with Crippen molar-refractivity contribution in [1.29, 1.82) is 0 Å². The first-order chi connectivity index (χ1) is 12.4. The Morgan fingerprint density at radius 1 is 1.08 bits per heavy atom. The van der Waals surface area contributed by atoms with E-state index in [1.807, 2.05) is 42.5 Å². The molecule has 0 saturated carbocycles. The maximum atomic E-state index is 11.1. The van der Waals surface area contributed by atoms with Crippen LogP contribution in [0.15, 0.2) is 59.6 Å². The topological polar surface area (TPSA) is 84.9 Å². The van der Waals surface area contributed by atoms with Crippen LogP contribution in [0.4, 0.5) is 0 Å². The van der Waals surface area contributed by atoms with Gasteiger partial charge in [0.15, 0.2) is 5.60 Å². The zero-order valence-electron chi connectivity index (χ0n) is 15.3. The number of carboxylic acids is 1. The van der Waals surface area contributed by atoms with Crippen LogP contribution >= 0.6 is 0 Å². The molecule has 5 nitrogen and oxygen atoms in total. The third-order valence-corrected chi connectivity index (χ3v) is 4.02. The van der Waals surface area contributed by atoms with Gasteiger partial charge in [-0.05, 0) is 49.9 Å². The van der Waals surface area contributed by atoms with Crippen molar-refractivity contribution >= 4 is 11.8 Å². The molecule has 0 atom stereocenters. The van der Waals surface area contributed by atoms with Crippen molar-refractivity contribution in [2.75, 3.05) is 0 Å². The van der Waals surface area contributed by atoms with E-state index in [2.05, 4.69) is 4.99 Å². The van der Waals surface area contributed by atoms with E-state index >= 15 is 0 Å². The third-order valence-electron chi connectivity index (χ3n) is 4.02. The lowest BCUT2D eigenvalue weighted by molar-refractivity contribution is -0.152. The minimum absolute atomic E-state index is 0.546. The standard InChI is InChI=1S/C21H26N2O3/c1-21(2,20(24)25)26-18-13-11-16(12-14-18)9-6-10-19(22)23-15-17-7-4-3-5-8-17/h3-5,7-8,11-14H,6,9-10,15H2,1-2H3,(H2,22,23)(H,24,25). The van der Waals surface area contributed by atoms with E-state index < -0.39 is 11.6 Å². The molecule has 0 amide bonds. The van der Waals surface area contributed by atoms with Crippen molar-refractivity contribution in [2.24, 2.45) is 10.7 Å². The molecule has 0 unspecified atom stereocenters. The van der Waals surface area contributed by atoms with E-state index in [9.17, 15) is 4.79 Å². The summed E-state index contributed by atoms with van der Waals surface area (Å²) in [5, 5.41) is 9.09. The predicted octanol–water partition coefficient (Wildman–Crippen LogP) is 3.81. The number of aliphatic carboxylic acids is 1. The second kappa shape index (κ2) is 9.04. The minimum atomic E-state index is -1.24. The Morgan fingerprint density at radius 3 is 2.35 bits per heavy atom. The summed E-state index contributed by atoms with van der Waals surface area (Å²) in [6, 6.07) is 17.5. The van der Waals surface area contributed by atoms with E-state index in [0.717, 1.165) is 30.4 Å². The lowest BCUT2D eigenvalue weighted by Crippen LogP contribution is -2.37. The molecular weight excluding hydrogens is 328 g/mol. The van der Waals surface area contributed by atoms with Gasteiger partial charge in [-0.15, -0.1) is 0 Å². The Morgan fingerprint density at radius 2 is 1.73 bits per heavy atom. The Hall–Kier alpha value is -2.82. The maximum absolute atomic E-state index is 11.1. The van der Waals surface area contributed by atoms with E-state index in [1.54, 1.807) is 12.1 Å². The highest BCUT2D eigenvalue weighted by atomic mass is 16.5. The summed E-state index contributed by atoms with van der Waals surface area (Å²) in [7, 11) is 0. The molecule has 0 aromatic heterocycles. The van der Waals surface area contributed by atoms with Gasteiger partial charge in [-0.3, -0.25) is 4.99 Å². The van der Waals surface area contributed by atoms with Gasteiger partial charge in [-0.2, -0.15) is 0 Å². The third kappa shape index (κ3) is 6.24. The molecule has 0 aliphatic heterocycles. The fourth-order valence-corrected chi connectivity index (χ4v) is 2.39. The Kier molecular flexibility index (Phi) is 6.78. The molecule has 3 N–H and O–H groups in total. The summed E-state index contributed by atoms with van der Waals surface area (Å²) >= 11 is 0. The van der Waals surface area contributed by atoms with Gasteiger partial charge < -0.3 is 15.6 Å². The molecule has 0 radical (unpaired) electrons. The van der Waals surface area contributed by atoms with Gasteiger partial charge in [0.05, 0.1) is 12.4 Å². The molecule has 2 aromatic rings. The van der Waals surface area contributed by atoms with E-state index in [0.29, 0.717) is 18.1 Å². The molecule has 5 heteroatoms. The van der Waals surface area contributed by atoms with Gasteiger partial charge in [0.1, 0.15) is 5.75 Å². The number of aliphatic imine (C=N–C) groups is 1. The van der Waals surface area contributed by atoms with Crippen molar-refractivity contribution in [1.82, 2.24) is 0 Å². The number of ether oxygens (including phenoxy) is 1. The fourth-order valence-electron chi connectivity index (χ4n) is 2.39. The van der Waals surface area contributed by atoms with Crippen LogP contribution in [0.3, 0.4) is 0 Å². The first-order valence-corrected chi connectivity index (χ1v) is 8.71. The predicted molar refractivity (Wildman–Crippen MR) is 103 cm³/mol. The van der Waals surface area contributed by atoms with Crippen LogP contribution in [0.2, 0.25) is 0 Å². The number of hydrogen-bond acceptors (Lipinski definition) is 3. The first kappa shape index (κ1) is 19.5. The summed E-state index contributed by atoms with van der Waals surface area (Å²) in [4.78, 5) is 15.5. The zero-order valence-corrected chi connectivity index (χ0v) is 15.3. The molecule has 0 aliphatic carbocycles. The van der Waals surface area contributed by atoms with Crippen LogP contribution < -0.4 is 10.5 Å². The molecule has 2 aromatic carbocycles. The molecule has 2 rings (SSSR count). The number of carbonyl (C=O) groups is 1. The Bertz CT molecular complexity index is 738. The molecule has 138 valence electrons. The first-order valence-electron chi connectivity index (χ1n) is 8.71. The molecule has 26 heavy (non-hydrogen) atoms. The van der Waals surface area contributed by atoms with Gasteiger partial charge in [0.2, 0.25) is 0 Å². The van der Waals surface area contributed by atoms with Gasteiger partial charge in [0, 0.05) is 6.42 Å². The Labute approximate surface area is 154 Å². The highest BCUT2D eigenvalue weighted by Gasteiger charge is 2.29. The normalized spacial score (nSPS) is 12.0. The summed E-state index contributed by atoms with van der Waals surface area (Å²) < 4.78 is 5.50. The number of hydrogen-bond donors (Lipinski definition) is 2. The van der Waals surface area contributed by atoms with Crippen molar-refractivity contribution in [2.45, 2.75) is 45.3 Å². The number of amidine groups is 1. The maximum Gasteiger partial charge on any atom is 0.347 e. The monoisotopic (exact) mass is 354 g/mol. The summed E-state index contributed by atoms with van der Waals surface area (Å²) in [6.07, 6.45) is 2.53. The highest BCUT2D eigenvalue weighted by Crippen LogP contribution is 2.20. The fraction of sp³-hybridized carbons (Fsp3) is 0.333. The quantitative estimate of drug-likeness (QED) is 0.530. The van der Waals surface area contributed by atoms with Crippen LogP contribution in [0.1, 0.15) is 37.8 Å². The highest BCUT2D eigenvalue weighted by molar-refractivity contribution is 5.80. The lowest BCUT2D eigenvalue weighted by atomic mass is 10.1. The summed E-state index contributed by atoms with van der Waals surface area (Å²) in [6.45, 7) is 3.67. The van der Waals surface area contributed by atoms with E-state index in [1.165, 1.54) is 13.8 Å². The SMILES string of the molecule is CC(C)(Oc1ccc(CCCC(N)=NCc2ccccc2)cc1)C(=O)O. The average Bonchev–Trinajstić information content (AvgIpc) is 2.62. The van der Waals surface area contributed by atoms with Crippen molar-refractivity contribution in [3.8, 4) is 5.75 Å². The van der Waals surface area contributed by atoms with Gasteiger partial charge in [-0.1, -0.05) is 42.5 Å². The number of nitrogens with two attached hydrogens (primary N) is 1. The summed E-state index contributed by atoms with van der Waals surface area (Å²) in [5.74, 6) is 0.217. The minimum Gasteiger partial charge on any atom is -0.478 e. The van der Waals surface area contributed by atoms with Crippen LogP contribution in [0.5, 0.6) is 5.75 Å². The van der Waals surface area contributed by atoms with Crippen LogP contribution in [0, 0.1) is 0 Å². The number of aryl methyl sites for hydroxylation is 1. The van der Waals surface area contributed by atoms with Gasteiger partial charge >= 0.3 is 5.97 Å². The molecule has 0 bridgehead atoms. The van der Waals surface area contributed by atoms with Gasteiger partial charge in [0.25, 0.3) is 0 Å². The van der Waals surface area contributed by atoms with Crippen molar-refractivity contribution < 1.29 is 14.6 Å². The number of nitrogens with zero attached hydrogens (tertiary/aromatic N) is 1. The largest absolute Gasteiger partial charge is 0.478 e. The molecule has 0 heterocycles. The van der Waals surface area contributed by atoms with Gasteiger partial charge in [-0.25, -0.2) is 4.79 Å². The van der Waals surface area contributed by atoms with Crippen LogP contribution in [-0.2, 0) is 17.8 Å². The second-order valence-corrected chi connectivity index (χ2v) is 6.71. The van der Waals surface area contributed by atoms with Crippen LogP contribution in [-0.4, -0.2) is 22.5 Å². The van der Waals surface area contributed by atoms with E-state index in [-0.39, 0.29) is 0 Å². The lowest BCUT2D eigenvalue weighted by Gasteiger charge is -2.21. The van der Waals surface area contributed by atoms with Crippen molar-refractivity contribution in [3.05, 3.63) is 65.7 Å². The average molecular weight is 354 g/mol. The molecule has 0 saturated heterocycles. The molecular formula is C21H26N2O3. The number of carboxylic acid groups (broad SMARTS) is 1. The Balaban J connectivity index is 1.78. The van der Waals surface area contributed by atoms with Crippen LogP contribution in [0.25, 0.3) is 0 Å². The number of rotatable bonds is 9. The molecule has 0 fully saturated rings. The number of benzene rings is 2.